The van der Waals surface area contributed by atoms with Gasteiger partial charge in [0.15, 0.2) is 0 Å². The van der Waals surface area contributed by atoms with Gasteiger partial charge in [-0.15, -0.1) is 0 Å². The highest BCUT2D eigenvalue weighted by Crippen LogP contribution is 2.61. The number of carbonyl (C=O) groups excluding carboxylic acids is 3. The molecule has 3 fully saturated rings. The zero-order chi connectivity index (χ0) is 24.3. The van der Waals surface area contributed by atoms with Crippen LogP contribution in [-0.4, -0.2) is 17.7 Å². The molecule has 1 N–H and O–H groups in total. The molecule has 3 amide bonds. The molecule has 1 heterocycles. The Labute approximate surface area is 213 Å². The van der Waals surface area contributed by atoms with Gasteiger partial charge in [0.2, 0.25) is 11.8 Å². The number of carbonyl (C=O) groups is 3. The number of nitrogens with zero attached hydrogens (tertiary/aromatic N) is 1. The second kappa shape index (κ2) is 8.51. The van der Waals surface area contributed by atoms with Gasteiger partial charge in [-0.25, -0.2) is 0 Å². The van der Waals surface area contributed by atoms with Crippen molar-refractivity contribution in [3.8, 4) is 0 Å². The average molecular weight is 505 g/mol. The zero-order valence-corrected chi connectivity index (χ0v) is 20.2. The van der Waals surface area contributed by atoms with Crippen LogP contribution in [0.5, 0.6) is 0 Å². The number of anilines is 2. The number of nitrogens with one attached hydrogen (secondary N) is 1. The molecule has 3 aromatic rings. The van der Waals surface area contributed by atoms with Crippen LogP contribution in [0.2, 0.25) is 10.0 Å². The molecule has 1 saturated heterocycles. The lowest BCUT2D eigenvalue weighted by atomic mass is 9.73. The molecule has 0 spiro atoms. The Balaban J connectivity index is 1.25. The molecule has 1 aliphatic heterocycles. The quantitative estimate of drug-likeness (QED) is 0.431. The highest BCUT2D eigenvalue weighted by Gasteiger charge is 2.64. The molecule has 5 atom stereocenters. The molecule has 0 radical (unpaired) electrons. The van der Waals surface area contributed by atoms with E-state index in [9.17, 15) is 14.4 Å². The molecule has 6 rings (SSSR count). The maximum absolute atomic E-state index is 13.6. The van der Waals surface area contributed by atoms with Crippen molar-refractivity contribution in [3.63, 3.8) is 0 Å². The summed E-state index contributed by atoms with van der Waals surface area (Å²) in [5, 5.41) is 3.51. The van der Waals surface area contributed by atoms with Crippen LogP contribution in [-0.2, 0) is 9.59 Å². The Hall–Kier alpha value is -3.15. The maximum atomic E-state index is 13.6. The minimum atomic E-state index is -0.367. The monoisotopic (exact) mass is 504 g/mol. The summed E-state index contributed by atoms with van der Waals surface area (Å²) >= 11 is 12.0. The van der Waals surface area contributed by atoms with Crippen LogP contribution < -0.4 is 10.2 Å². The topological polar surface area (TPSA) is 66.5 Å². The fraction of sp³-hybridized carbons (Fsp3) is 0.250. The van der Waals surface area contributed by atoms with Crippen molar-refractivity contribution in [2.24, 2.45) is 23.7 Å². The molecule has 2 aliphatic carbocycles. The second-order valence-corrected chi connectivity index (χ2v) is 10.4. The predicted molar refractivity (Wildman–Crippen MR) is 136 cm³/mol. The maximum Gasteiger partial charge on any atom is 0.255 e. The number of imide groups is 1. The lowest BCUT2D eigenvalue weighted by Crippen LogP contribution is -2.33. The van der Waals surface area contributed by atoms with Crippen LogP contribution in [0.4, 0.5) is 11.4 Å². The summed E-state index contributed by atoms with van der Waals surface area (Å²) in [5.74, 6) is -0.499. The summed E-state index contributed by atoms with van der Waals surface area (Å²) in [6.45, 7) is 0. The van der Waals surface area contributed by atoms with Crippen molar-refractivity contribution in [1.82, 2.24) is 0 Å². The Morgan fingerprint density at radius 1 is 0.829 bits per heavy atom. The van der Waals surface area contributed by atoms with Crippen molar-refractivity contribution in [2.75, 3.05) is 10.2 Å². The van der Waals surface area contributed by atoms with Crippen LogP contribution in [0.15, 0.2) is 72.8 Å². The Morgan fingerprint density at radius 3 is 2.37 bits per heavy atom. The van der Waals surface area contributed by atoms with E-state index < -0.39 is 0 Å². The van der Waals surface area contributed by atoms with Gasteiger partial charge in [0, 0.05) is 11.3 Å². The molecular weight excluding hydrogens is 483 g/mol. The normalized spacial score (nSPS) is 26.8. The first-order valence-corrected chi connectivity index (χ1v) is 12.5. The van der Waals surface area contributed by atoms with E-state index in [4.69, 9.17) is 23.2 Å². The summed E-state index contributed by atoms with van der Waals surface area (Å²) in [5.41, 5.74) is 2.53. The lowest BCUT2D eigenvalue weighted by molar-refractivity contribution is -0.123. The minimum absolute atomic E-state index is 0.138. The third-order valence-electron chi connectivity index (χ3n) is 7.79. The van der Waals surface area contributed by atoms with E-state index in [1.807, 2.05) is 18.2 Å². The van der Waals surface area contributed by atoms with Gasteiger partial charge in [-0.1, -0.05) is 59.6 Å². The Bertz CT molecular complexity index is 1360. The average Bonchev–Trinajstić information content (AvgIpc) is 3.53. The second-order valence-electron chi connectivity index (χ2n) is 9.61. The number of benzene rings is 3. The third-order valence-corrected chi connectivity index (χ3v) is 8.53. The fourth-order valence-electron chi connectivity index (χ4n) is 6.36. The first kappa shape index (κ1) is 22.3. The van der Waals surface area contributed by atoms with Gasteiger partial charge in [-0.2, -0.15) is 0 Å². The van der Waals surface area contributed by atoms with Crippen LogP contribution >= 0.6 is 23.2 Å². The highest BCUT2D eigenvalue weighted by atomic mass is 35.5. The van der Waals surface area contributed by atoms with Crippen molar-refractivity contribution in [3.05, 3.63) is 94.0 Å². The summed E-state index contributed by atoms with van der Waals surface area (Å²) in [4.78, 5) is 41.2. The van der Waals surface area contributed by atoms with Crippen LogP contribution in [0.25, 0.3) is 0 Å². The number of fused-ring (bicyclic) bond motifs is 5. The molecule has 3 aromatic carbocycles. The first-order chi connectivity index (χ1) is 16.9. The van der Waals surface area contributed by atoms with Crippen molar-refractivity contribution in [2.45, 2.75) is 18.8 Å². The van der Waals surface area contributed by atoms with Crippen molar-refractivity contribution in [1.29, 1.82) is 0 Å². The molecule has 2 bridgehead atoms. The number of rotatable bonds is 4. The largest absolute Gasteiger partial charge is 0.322 e. The van der Waals surface area contributed by atoms with Crippen molar-refractivity contribution >= 4 is 52.3 Å². The number of hydrogen-bond donors (Lipinski definition) is 1. The van der Waals surface area contributed by atoms with Gasteiger partial charge in [0.05, 0.1) is 27.6 Å². The lowest BCUT2D eigenvalue weighted by Gasteiger charge is -2.28. The van der Waals surface area contributed by atoms with Gasteiger partial charge in [0.1, 0.15) is 0 Å². The Kier molecular flexibility index (Phi) is 5.42. The molecule has 0 unspecified atom stereocenters. The Morgan fingerprint density at radius 2 is 1.60 bits per heavy atom. The van der Waals surface area contributed by atoms with Crippen LogP contribution in [0.3, 0.4) is 0 Å². The highest BCUT2D eigenvalue weighted by molar-refractivity contribution is 6.42. The van der Waals surface area contributed by atoms with Crippen molar-refractivity contribution < 1.29 is 14.4 Å². The van der Waals surface area contributed by atoms with E-state index in [2.05, 4.69) is 17.4 Å². The molecule has 176 valence electrons. The minimum Gasteiger partial charge on any atom is -0.322 e. The number of halogens is 2. The number of amides is 3. The molecule has 2 saturated carbocycles. The van der Waals surface area contributed by atoms with Gasteiger partial charge < -0.3 is 5.32 Å². The van der Waals surface area contributed by atoms with E-state index in [-0.39, 0.29) is 41.4 Å². The van der Waals surface area contributed by atoms with E-state index >= 15 is 0 Å². The smallest absolute Gasteiger partial charge is 0.255 e. The van der Waals surface area contributed by atoms with Crippen LogP contribution in [0, 0.1) is 23.7 Å². The van der Waals surface area contributed by atoms with E-state index in [1.165, 1.54) is 10.5 Å². The fourth-order valence-corrected chi connectivity index (χ4v) is 6.66. The van der Waals surface area contributed by atoms with Gasteiger partial charge in [0.25, 0.3) is 5.91 Å². The molecule has 35 heavy (non-hydrogen) atoms. The summed E-state index contributed by atoms with van der Waals surface area (Å²) in [7, 11) is 0. The SMILES string of the molecule is O=C(Nc1ccc(Cl)c(Cl)c1)c1cccc(N2C(=O)[C@@H]3[C@@H]4C[C@H]([C@H]3C2=O)[C@@H](c2ccccc2)C4)c1. The molecule has 5 nitrogen and oxygen atoms in total. The summed E-state index contributed by atoms with van der Waals surface area (Å²) < 4.78 is 0. The standard InChI is InChI=1S/C28H22Cl2N2O3/c29-22-10-9-18(14-23(22)30)31-26(33)16-7-4-8-19(11-16)32-27(34)24-17-12-20(15-5-2-1-3-6-15)21(13-17)25(24)28(32)35/h1-11,14,17,20-21,24-25H,12-13H2,(H,31,33)/t17-,20+,21-,24+,25+/m0/s1. The van der Waals surface area contributed by atoms with Crippen LogP contribution in [0.1, 0.15) is 34.7 Å². The number of hydrogen-bond acceptors (Lipinski definition) is 3. The predicted octanol–water partition coefficient (Wildman–Crippen LogP) is 6.17. The van der Waals surface area contributed by atoms with E-state index in [0.29, 0.717) is 32.9 Å². The summed E-state index contributed by atoms with van der Waals surface area (Å²) in [6.07, 6.45) is 1.86. The molecule has 0 aromatic heterocycles. The van der Waals surface area contributed by atoms with E-state index in [1.54, 1.807) is 42.5 Å². The molecule has 3 aliphatic rings. The third kappa shape index (κ3) is 3.65. The zero-order valence-electron chi connectivity index (χ0n) is 18.7. The molecular formula is C28H22Cl2N2O3. The molecule has 7 heteroatoms. The summed E-state index contributed by atoms with van der Waals surface area (Å²) in [6, 6.07) is 21.8. The van der Waals surface area contributed by atoms with Gasteiger partial charge in [-0.05, 0) is 72.6 Å². The van der Waals surface area contributed by atoms with E-state index in [0.717, 1.165) is 12.8 Å². The van der Waals surface area contributed by atoms with Gasteiger partial charge >= 0.3 is 0 Å². The first-order valence-electron chi connectivity index (χ1n) is 11.7. The van der Waals surface area contributed by atoms with Gasteiger partial charge in [-0.3, -0.25) is 19.3 Å².